The summed E-state index contributed by atoms with van der Waals surface area (Å²) < 4.78 is 45.2. The molecule has 0 spiro atoms. The minimum Gasteiger partial charge on any atom is -0.446 e. The highest BCUT2D eigenvalue weighted by Crippen LogP contribution is 2.41. The van der Waals surface area contributed by atoms with Crippen molar-refractivity contribution >= 4 is 17.5 Å². The largest absolute Gasteiger partial charge is 0.450 e. The van der Waals surface area contributed by atoms with E-state index in [1.807, 2.05) is 13.8 Å². The molecule has 148 valence electrons. The van der Waals surface area contributed by atoms with Crippen LogP contribution in [0.5, 0.6) is 0 Å². The van der Waals surface area contributed by atoms with Crippen molar-refractivity contribution < 1.29 is 32.0 Å². The number of rotatable bonds is 3. The highest BCUT2D eigenvalue weighted by Gasteiger charge is 2.48. The van der Waals surface area contributed by atoms with Crippen LogP contribution in [0.15, 0.2) is 22.6 Å². The van der Waals surface area contributed by atoms with Gasteiger partial charge < -0.3 is 9.32 Å². The zero-order valence-corrected chi connectivity index (χ0v) is 15.7. The number of furan rings is 1. The summed E-state index contributed by atoms with van der Waals surface area (Å²) in [5, 5.41) is 0. The highest BCUT2D eigenvalue weighted by atomic mass is 19.4. The maximum Gasteiger partial charge on any atom is 0.450 e. The van der Waals surface area contributed by atoms with Crippen molar-refractivity contribution in [2.45, 2.75) is 26.4 Å². The van der Waals surface area contributed by atoms with Gasteiger partial charge in [-0.05, 0) is 30.0 Å². The first-order valence-electron chi connectivity index (χ1n) is 8.61. The first-order chi connectivity index (χ1) is 12.9. The van der Waals surface area contributed by atoms with Gasteiger partial charge in [0, 0.05) is 25.2 Å². The minimum absolute atomic E-state index is 0.0158. The van der Waals surface area contributed by atoms with E-state index in [0.29, 0.717) is 6.42 Å². The van der Waals surface area contributed by atoms with Gasteiger partial charge in [-0.1, -0.05) is 19.9 Å². The first kappa shape index (κ1) is 19.9. The lowest BCUT2D eigenvalue weighted by molar-refractivity contribution is -0.153. The Kier molecular flexibility index (Phi) is 4.69. The summed E-state index contributed by atoms with van der Waals surface area (Å²) in [5.74, 6) is -4.82. The van der Waals surface area contributed by atoms with E-state index in [1.165, 1.54) is 26.2 Å². The summed E-state index contributed by atoms with van der Waals surface area (Å²) >= 11 is 0. The molecule has 0 N–H and O–H groups in total. The fourth-order valence-electron chi connectivity index (χ4n) is 3.27. The smallest absolute Gasteiger partial charge is 0.446 e. The van der Waals surface area contributed by atoms with E-state index in [4.69, 9.17) is 4.42 Å². The number of halogens is 3. The number of hydrogen-bond acceptors (Lipinski definition) is 4. The summed E-state index contributed by atoms with van der Waals surface area (Å²) in [6.45, 7) is 3.95. The predicted molar refractivity (Wildman–Crippen MR) is 93.6 cm³/mol. The number of benzene rings is 1. The second-order valence-electron chi connectivity index (χ2n) is 7.34. The summed E-state index contributed by atoms with van der Waals surface area (Å²) in [7, 11) is 2.51. The summed E-state index contributed by atoms with van der Waals surface area (Å²) in [6, 6.07) is 4.58. The van der Waals surface area contributed by atoms with Crippen LogP contribution in [0.3, 0.4) is 0 Å². The van der Waals surface area contributed by atoms with Gasteiger partial charge in [0.2, 0.25) is 11.5 Å². The van der Waals surface area contributed by atoms with Crippen LogP contribution in [0, 0.1) is 5.92 Å². The van der Waals surface area contributed by atoms with Crippen LogP contribution in [-0.2, 0) is 12.6 Å². The third kappa shape index (κ3) is 3.12. The number of amides is 1. The van der Waals surface area contributed by atoms with Gasteiger partial charge in [0.25, 0.3) is 5.91 Å². The summed E-state index contributed by atoms with van der Waals surface area (Å²) in [4.78, 5) is 39.1. The molecule has 3 rings (SSSR count). The second kappa shape index (κ2) is 6.61. The first-order valence-corrected chi connectivity index (χ1v) is 8.61. The third-order valence-corrected chi connectivity index (χ3v) is 4.44. The minimum atomic E-state index is -5.03. The normalized spacial score (nSPS) is 13.6. The van der Waals surface area contributed by atoms with Crippen molar-refractivity contribution in [2.75, 3.05) is 14.1 Å². The lowest BCUT2D eigenvalue weighted by Gasteiger charge is -2.17. The standard InChI is InChI=1S/C20H18F3NO4/c1-9(2)7-10-5-6-11-12(8-10)15(25)13-14(19(27)24(3)4)18(20(21,22)23)28-17(13)16(11)26/h5-6,8-9H,7H2,1-4H3. The molecule has 0 unspecified atom stereocenters. The van der Waals surface area contributed by atoms with Gasteiger partial charge in [-0.15, -0.1) is 0 Å². The predicted octanol–water partition coefficient (Wildman–Crippen LogP) is 3.97. The van der Waals surface area contributed by atoms with Crippen molar-refractivity contribution in [3.05, 3.63) is 57.5 Å². The molecule has 0 aliphatic heterocycles. The van der Waals surface area contributed by atoms with Gasteiger partial charge in [-0.3, -0.25) is 14.4 Å². The van der Waals surface area contributed by atoms with E-state index in [0.717, 1.165) is 10.5 Å². The quantitative estimate of drug-likeness (QED) is 0.675. The molecule has 8 heteroatoms. The van der Waals surface area contributed by atoms with Crippen molar-refractivity contribution in [2.24, 2.45) is 5.92 Å². The average Bonchev–Trinajstić information content (AvgIpc) is 2.99. The van der Waals surface area contributed by atoms with Crippen LogP contribution >= 0.6 is 0 Å². The van der Waals surface area contributed by atoms with Crippen LogP contribution < -0.4 is 0 Å². The molecule has 1 aliphatic carbocycles. The number of carbonyl (C=O) groups is 3. The molecule has 5 nitrogen and oxygen atoms in total. The Balaban J connectivity index is 2.27. The Morgan fingerprint density at radius 1 is 1.11 bits per heavy atom. The van der Waals surface area contributed by atoms with E-state index in [-0.39, 0.29) is 17.0 Å². The van der Waals surface area contributed by atoms with Gasteiger partial charge in [-0.25, -0.2) is 0 Å². The maximum absolute atomic E-state index is 13.5. The molecule has 1 aromatic heterocycles. The van der Waals surface area contributed by atoms with Crippen LogP contribution in [0.25, 0.3) is 0 Å². The Hall–Kier alpha value is -2.90. The Bertz CT molecular complexity index is 1000. The maximum atomic E-state index is 13.5. The number of alkyl halides is 3. The fourth-order valence-corrected chi connectivity index (χ4v) is 3.27. The van der Waals surface area contributed by atoms with Crippen LogP contribution in [0.4, 0.5) is 13.2 Å². The molecule has 0 atom stereocenters. The Morgan fingerprint density at radius 3 is 2.29 bits per heavy atom. The van der Waals surface area contributed by atoms with Crippen molar-refractivity contribution in [1.82, 2.24) is 4.90 Å². The molecule has 0 saturated heterocycles. The fraction of sp³-hybridized carbons (Fsp3) is 0.350. The van der Waals surface area contributed by atoms with Crippen LogP contribution in [0.1, 0.15) is 67.6 Å². The van der Waals surface area contributed by atoms with Gasteiger partial charge in [0.15, 0.2) is 11.5 Å². The van der Waals surface area contributed by atoms with Gasteiger partial charge in [0.1, 0.15) is 5.56 Å². The van der Waals surface area contributed by atoms with E-state index in [9.17, 15) is 27.6 Å². The molecule has 2 aromatic rings. The molecule has 0 bridgehead atoms. The molecule has 1 aromatic carbocycles. The molecule has 28 heavy (non-hydrogen) atoms. The van der Waals surface area contributed by atoms with Crippen molar-refractivity contribution in [3.8, 4) is 0 Å². The molecule has 0 radical (unpaired) electrons. The van der Waals surface area contributed by atoms with Crippen molar-refractivity contribution in [3.63, 3.8) is 0 Å². The topological polar surface area (TPSA) is 67.6 Å². The van der Waals surface area contributed by atoms with Crippen LogP contribution in [0.2, 0.25) is 0 Å². The number of nitrogens with zero attached hydrogens (tertiary/aromatic N) is 1. The second-order valence-corrected chi connectivity index (χ2v) is 7.34. The zero-order valence-electron chi connectivity index (χ0n) is 15.7. The molecule has 1 aliphatic rings. The SMILES string of the molecule is CC(C)Cc1ccc2c(c1)C(=O)c1c(oc(C(F)(F)F)c1C(=O)N(C)C)C2=O. The van der Waals surface area contributed by atoms with Gasteiger partial charge in [-0.2, -0.15) is 13.2 Å². The highest BCUT2D eigenvalue weighted by molar-refractivity contribution is 6.30. The molecular formula is C20H18F3NO4. The molecule has 0 saturated carbocycles. The van der Waals surface area contributed by atoms with Crippen LogP contribution in [-0.4, -0.2) is 36.5 Å². The number of ketones is 2. The summed E-state index contributed by atoms with van der Waals surface area (Å²) in [6.07, 6.45) is -4.40. The molecule has 0 fully saturated rings. The molecule has 1 amide bonds. The van der Waals surface area contributed by atoms with Gasteiger partial charge in [0.05, 0.1) is 5.56 Å². The average molecular weight is 393 g/mol. The van der Waals surface area contributed by atoms with E-state index in [2.05, 4.69) is 0 Å². The Morgan fingerprint density at radius 2 is 1.75 bits per heavy atom. The monoisotopic (exact) mass is 393 g/mol. The van der Waals surface area contributed by atoms with E-state index < -0.39 is 46.3 Å². The van der Waals surface area contributed by atoms with Gasteiger partial charge >= 0.3 is 6.18 Å². The lowest BCUT2D eigenvalue weighted by Crippen LogP contribution is -2.28. The number of fused-ring (bicyclic) bond motifs is 2. The van der Waals surface area contributed by atoms with E-state index >= 15 is 0 Å². The zero-order chi connectivity index (χ0) is 21.0. The van der Waals surface area contributed by atoms with E-state index in [1.54, 1.807) is 6.07 Å². The summed E-state index contributed by atoms with van der Waals surface area (Å²) in [5.41, 5.74) is -0.816. The molecular weight excluding hydrogens is 375 g/mol. The van der Waals surface area contributed by atoms with Crippen molar-refractivity contribution in [1.29, 1.82) is 0 Å². The lowest BCUT2D eigenvalue weighted by atomic mass is 9.84. The Labute approximate surface area is 159 Å². The third-order valence-electron chi connectivity index (χ3n) is 4.44. The molecule has 1 heterocycles. The number of carbonyl (C=O) groups excluding carboxylic acids is 3. The number of hydrogen-bond donors (Lipinski definition) is 0.